The molecule has 1 aromatic carbocycles. The molecule has 0 fully saturated rings. The van der Waals surface area contributed by atoms with E-state index in [-0.39, 0.29) is 6.54 Å². The van der Waals surface area contributed by atoms with Crippen LogP contribution < -0.4 is 4.72 Å². The van der Waals surface area contributed by atoms with Crippen molar-refractivity contribution in [2.45, 2.75) is 17.7 Å². The Labute approximate surface area is 131 Å². The Morgan fingerprint density at radius 3 is 2.67 bits per heavy atom. The lowest BCUT2D eigenvalue weighted by Crippen LogP contribution is -2.25. The van der Waals surface area contributed by atoms with Crippen molar-refractivity contribution in [1.29, 1.82) is 0 Å². The predicted molar refractivity (Wildman–Crippen MR) is 81.2 cm³/mol. The van der Waals surface area contributed by atoms with E-state index < -0.39 is 37.3 Å². The number of hydrogen-bond acceptors (Lipinski definition) is 4. The van der Waals surface area contributed by atoms with Crippen molar-refractivity contribution >= 4 is 39.4 Å². The van der Waals surface area contributed by atoms with E-state index in [0.29, 0.717) is 12.5 Å². The molecule has 0 aromatic heterocycles. The standard InChI is InChI=1S/C12H15ClFNO4S2/c1-20-5-3-2-4-15-21(18,19)8-6-9(12(16)17)11(13)10(14)7-8/h6-7,15H,2-5H2,1H3,(H,16,17). The van der Waals surface area contributed by atoms with Crippen LogP contribution in [0.3, 0.4) is 0 Å². The van der Waals surface area contributed by atoms with Gasteiger partial charge in [0.1, 0.15) is 5.82 Å². The Balaban J connectivity index is 2.91. The van der Waals surface area contributed by atoms with Gasteiger partial charge in [-0.2, -0.15) is 11.8 Å². The highest BCUT2D eigenvalue weighted by atomic mass is 35.5. The van der Waals surface area contributed by atoms with Crippen LogP contribution in [0.4, 0.5) is 4.39 Å². The average molecular weight is 356 g/mol. The number of nitrogens with one attached hydrogen (secondary N) is 1. The van der Waals surface area contributed by atoms with Gasteiger partial charge in [-0.15, -0.1) is 0 Å². The van der Waals surface area contributed by atoms with Gasteiger partial charge in [0.05, 0.1) is 15.5 Å². The topological polar surface area (TPSA) is 83.5 Å². The second kappa shape index (κ2) is 7.98. The maximum Gasteiger partial charge on any atom is 0.337 e. The summed E-state index contributed by atoms with van der Waals surface area (Å²) in [6, 6.07) is 1.55. The molecule has 0 amide bonds. The molecule has 0 spiro atoms. The smallest absolute Gasteiger partial charge is 0.337 e. The fraction of sp³-hybridized carbons (Fsp3) is 0.417. The largest absolute Gasteiger partial charge is 0.478 e. The van der Waals surface area contributed by atoms with E-state index >= 15 is 0 Å². The molecule has 9 heteroatoms. The molecule has 1 aromatic rings. The predicted octanol–water partition coefficient (Wildman–Crippen LogP) is 2.60. The Kier molecular flexibility index (Phi) is 6.92. The van der Waals surface area contributed by atoms with Crippen LogP contribution in [0.1, 0.15) is 23.2 Å². The minimum absolute atomic E-state index is 0.204. The minimum atomic E-state index is -3.96. The van der Waals surface area contributed by atoms with Gasteiger partial charge >= 0.3 is 5.97 Å². The summed E-state index contributed by atoms with van der Waals surface area (Å²) in [6.07, 6.45) is 3.44. The van der Waals surface area contributed by atoms with Crippen molar-refractivity contribution in [2.24, 2.45) is 0 Å². The summed E-state index contributed by atoms with van der Waals surface area (Å²) in [7, 11) is -3.96. The normalized spacial score (nSPS) is 11.6. The van der Waals surface area contributed by atoms with Gasteiger partial charge in [0.15, 0.2) is 0 Å². The van der Waals surface area contributed by atoms with Gasteiger partial charge in [-0.1, -0.05) is 11.6 Å². The number of carboxylic acid groups (broad SMARTS) is 1. The molecule has 118 valence electrons. The van der Waals surface area contributed by atoms with Crippen LogP contribution >= 0.6 is 23.4 Å². The van der Waals surface area contributed by atoms with Gasteiger partial charge in [0.2, 0.25) is 10.0 Å². The number of halogens is 2. The van der Waals surface area contributed by atoms with E-state index in [1.807, 2.05) is 6.26 Å². The number of benzene rings is 1. The van der Waals surface area contributed by atoms with Crippen LogP contribution in [0, 0.1) is 5.82 Å². The highest BCUT2D eigenvalue weighted by molar-refractivity contribution is 7.98. The van der Waals surface area contributed by atoms with Gasteiger partial charge < -0.3 is 5.11 Å². The lowest BCUT2D eigenvalue weighted by atomic mass is 10.2. The van der Waals surface area contributed by atoms with E-state index in [2.05, 4.69) is 4.72 Å². The number of rotatable bonds is 8. The molecule has 0 atom stereocenters. The zero-order valence-electron chi connectivity index (χ0n) is 11.2. The summed E-state index contributed by atoms with van der Waals surface area (Å²) in [5, 5.41) is 8.27. The van der Waals surface area contributed by atoms with Gasteiger partial charge in [0.25, 0.3) is 0 Å². The van der Waals surface area contributed by atoms with Crippen molar-refractivity contribution in [3.8, 4) is 0 Å². The zero-order valence-corrected chi connectivity index (χ0v) is 13.6. The van der Waals surface area contributed by atoms with Crippen LogP contribution in [0.25, 0.3) is 0 Å². The number of thioether (sulfide) groups is 1. The second-order valence-electron chi connectivity index (χ2n) is 4.17. The zero-order chi connectivity index (χ0) is 16.0. The van der Waals surface area contributed by atoms with Crippen LogP contribution in [-0.4, -0.2) is 38.0 Å². The fourth-order valence-corrected chi connectivity index (χ4v) is 3.33. The number of unbranched alkanes of at least 4 members (excludes halogenated alkanes) is 1. The molecule has 5 nitrogen and oxygen atoms in total. The van der Waals surface area contributed by atoms with E-state index in [4.69, 9.17) is 16.7 Å². The maximum absolute atomic E-state index is 13.5. The van der Waals surface area contributed by atoms with Crippen molar-refractivity contribution in [3.05, 3.63) is 28.5 Å². The Morgan fingerprint density at radius 2 is 2.10 bits per heavy atom. The van der Waals surface area contributed by atoms with E-state index in [1.54, 1.807) is 11.8 Å². The van der Waals surface area contributed by atoms with Gasteiger partial charge in [-0.3, -0.25) is 0 Å². The van der Waals surface area contributed by atoms with Crippen LogP contribution in [0.5, 0.6) is 0 Å². The number of sulfonamides is 1. The molecular formula is C12H15ClFNO4S2. The Hall–Kier alpha value is -0.830. The molecule has 0 aliphatic carbocycles. The molecule has 2 N–H and O–H groups in total. The quantitative estimate of drug-likeness (QED) is 0.700. The number of carboxylic acids is 1. The third-order valence-corrected chi connectivity index (χ3v) is 5.13. The van der Waals surface area contributed by atoms with E-state index in [0.717, 1.165) is 18.2 Å². The summed E-state index contributed by atoms with van der Waals surface area (Å²) in [5.74, 6) is -1.66. The first-order chi connectivity index (χ1) is 9.79. The molecule has 0 aliphatic heterocycles. The summed E-state index contributed by atoms with van der Waals surface area (Å²) in [6.45, 7) is 0.204. The van der Waals surface area contributed by atoms with Crippen molar-refractivity contribution in [3.63, 3.8) is 0 Å². The minimum Gasteiger partial charge on any atom is -0.478 e. The summed E-state index contributed by atoms with van der Waals surface area (Å²) < 4.78 is 39.8. The third-order valence-electron chi connectivity index (χ3n) is 2.61. The summed E-state index contributed by atoms with van der Waals surface area (Å²) in [4.78, 5) is 10.5. The first-order valence-electron chi connectivity index (χ1n) is 6.00. The summed E-state index contributed by atoms with van der Waals surface area (Å²) in [5.41, 5.74) is -0.584. The fourth-order valence-electron chi connectivity index (χ4n) is 1.54. The number of aromatic carboxylic acids is 1. The number of hydrogen-bond donors (Lipinski definition) is 2. The molecule has 0 unspecified atom stereocenters. The van der Waals surface area contributed by atoms with E-state index in [9.17, 15) is 17.6 Å². The van der Waals surface area contributed by atoms with Crippen LogP contribution in [0.2, 0.25) is 5.02 Å². The first-order valence-corrected chi connectivity index (χ1v) is 9.26. The highest BCUT2D eigenvalue weighted by Gasteiger charge is 2.21. The Bertz CT molecular complexity index is 622. The second-order valence-corrected chi connectivity index (χ2v) is 7.30. The Morgan fingerprint density at radius 1 is 1.43 bits per heavy atom. The SMILES string of the molecule is CSCCCCNS(=O)(=O)c1cc(F)c(Cl)c(C(=O)O)c1. The van der Waals surface area contributed by atoms with Crippen molar-refractivity contribution in [2.75, 3.05) is 18.6 Å². The molecule has 0 saturated heterocycles. The average Bonchev–Trinajstić information content (AvgIpc) is 2.40. The molecular weight excluding hydrogens is 341 g/mol. The monoisotopic (exact) mass is 355 g/mol. The number of carbonyl (C=O) groups is 1. The van der Waals surface area contributed by atoms with Gasteiger partial charge in [-0.25, -0.2) is 22.3 Å². The maximum atomic E-state index is 13.5. The van der Waals surface area contributed by atoms with Crippen LogP contribution in [-0.2, 0) is 10.0 Å². The molecule has 0 saturated carbocycles. The molecule has 1 rings (SSSR count). The van der Waals surface area contributed by atoms with Crippen LogP contribution in [0.15, 0.2) is 17.0 Å². The lowest BCUT2D eigenvalue weighted by Gasteiger charge is -2.09. The highest BCUT2D eigenvalue weighted by Crippen LogP contribution is 2.24. The third kappa shape index (κ3) is 5.14. The molecule has 0 bridgehead atoms. The lowest BCUT2D eigenvalue weighted by molar-refractivity contribution is 0.0696. The molecule has 0 aliphatic rings. The van der Waals surface area contributed by atoms with Crippen molar-refractivity contribution < 1.29 is 22.7 Å². The van der Waals surface area contributed by atoms with Gasteiger partial charge in [-0.05, 0) is 37.0 Å². The van der Waals surface area contributed by atoms with E-state index in [1.165, 1.54) is 0 Å². The molecule has 0 heterocycles. The van der Waals surface area contributed by atoms with Gasteiger partial charge in [0, 0.05) is 6.54 Å². The summed E-state index contributed by atoms with van der Waals surface area (Å²) >= 11 is 7.16. The van der Waals surface area contributed by atoms with Crippen molar-refractivity contribution in [1.82, 2.24) is 4.72 Å². The first kappa shape index (κ1) is 18.2. The molecule has 21 heavy (non-hydrogen) atoms. The molecule has 0 radical (unpaired) electrons.